The summed E-state index contributed by atoms with van der Waals surface area (Å²) in [7, 11) is 3.09. The number of anilines is 3. The van der Waals surface area contributed by atoms with Crippen LogP contribution in [-0.2, 0) is 0 Å². The van der Waals surface area contributed by atoms with Gasteiger partial charge in [0.15, 0.2) is 0 Å². The first-order valence-corrected chi connectivity index (χ1v) is 8.77. The minimum absolute atomic E-state index is 0.209. The van der Waals surface area contributed by atoms with Gasteiger partial charge in [-0.05, 0) is 48.9 Å². The molecule has 2 N–H and O–H groups in total. The molecule has 0 atom stereocenters. The normalized spacial score (nSPS) is 10.3. The zero-order chi connectivity index (χ0) is 20.1. The summed E-state index contributed by atoms with van der Waals surface area (Å²) < 4.78 is 10.4. The van der Waals surface area contributed by atoms with Crippen molar-refractivity contribution in [1.82, 2.24) is 9.97 Å². The first kappa shape index (κ1) is 19.4. The van der Waals surface area contributed by atoms with Crippen molar-refractivity contribution < 1.29 is 14.3 Å². The predicted octanol–water partition coefficient (Wildman–Crippen LogP) is 4.45. The van der Waals surface area contributed by atoms with Gasteiger partial charge >= 0.3 is 0 Å². The first-order chi connectivity index (χ1) is 13.5. The number of amides is 1. The van der Waals surface area contributed by atoms with E-state index in [1.165, 1.54) is 12.3 Å². The van der Waals surface area contributed by atoms with Gasteiger partial charge in [0.05, 0.1) is 24.9 Å². The van der Waals surface area contributed by atoms with Gasteiger partial charge in [-0.3, -0.25) is 4.79 Å². The van der Waals surface area contributed by atoms with E-state index in [0.29, 0.717) is 27.9 Å². The zero-order valence-electron chi connectivity index (χ0n) is 15.6. The largest absolute Gasteiger partial charge is 0.495 e. The molecule has 0 radical (unpaired) electrons. The number of hydrogen-bond acceptors (Lipinski definition) is 6. The second-order valence-corrected chi connectivity index (χ2v) is 6.30. The third kappa shape index (κ3) is 4.50. The van der Waals surface area contributed by atoms with Crippen molar-refractivity contribution in [1.29, 1.82) is 0 Å². The Morgan fingerprint density at radius 2 is 1.79 bits per heavy atom. The van der Waals surface area contributed by atoms with Crippen LogP contribution in [0.15, 0.2) is 48.7 Å². The van der Waals surface area contributed by atoms with Gasteiger partial charge in [0, 0.05) is 11.9 Å². The number of rotatable bonds is 6. The van der Waals surface area contributed by atoms with Crippen molar-refractivity contribution >= 4 is 34.8 Å². The molecule has 3 aromatic rings. The van der Waals surface area contributed by atoms with Crippen molar-refractivity contribution in [2.24, 2.45) is 0 Å². The van der Waals surface area contributed by atoms with Crippen LogP contribution in [0.1, 0.15) is 16.1 Å². The summed E-state index contributed by atoms with van der Waals surface area (Å²) in [5.74, 6) is 1.03. The Kier molecular flexibility index (Phi) is 5.96. The summed E-state index contributed by atoms with van der Waals surface area (Å²) in [6, 6.07) is 12.3. The maximum absolute atomic E-state index is 12.6. The number of nitrogens with one attached hydrogen (secondary N) is 2. The molecule has 0 aliphatic carbocycles. The summed E-state index contributed by atoms with van der Waals surface area (Å²) in [5.41, 5.74) is 2.45. The van der Waals surface area contributed by atoms with Crippen LogP contribution in [0.5, 0.6) is 11.5 Å². The summed E-state index contributed by atoms with van der Waals surface area (Å²) in [6.07, 6.45) is 1.50. The zero-order valence-corrected chi connectivity index (χ0v) is 16.4. The molecule has 8 heteroatoms. The molecule has 1 amide bonds. The molecule has 0 saturated carbocycles. The number of hydrogen-bond donors (Lipinski definition) is 2. The average molecular weight is 399 g/mol. The van der Waals surface area contributed by atoms with Crippen LogP contribution in [0.4, 0.5) is 17.3 Å². The minimum Gasteiger partial charge on any atom is -0.495 e. The summed E-state index contributed by atoms with van der Waals surface area (Å²) in [5, 5.41) is 6.29. The number of carbonyl (C=O) groups is 1. The first-order valence-electron chi connectivity index (χ1n) is 8.39. The van der Waals surface area contributed by atoms with E-state index in [2.05, 4.69) is 20.6 Å². The van der Waals surface area contributed by atoms with E-state index in [0.717, 1.165) is 5.56 Å². The second kappa shape index (κ2) is 8.58. The van der Waals surface area contributed by atoms with E-state index < -0.39 is 0 Å². The van der Waals surface area contributed by atoms with Gasteiger partial charge in [0.1, 0.15) is 17.2 Å². The van der Waals surface area contributed by atoms with Crippen LogP contribution in [0, 0.1) is 6.92 Å². The van der Waals surface area contributed by atoms with Gasteiger partial charge < -0.3 is 20.1 Å². The number of aromatic nitrogens is 2. The van der Waals surface area contributed by atoms with E-state index >= 15 is 0 Å². The fourth-order valence-electron chi connectivity index (χ4n) is 2.52. The Hall–Kier alpha value is -3.32. The van der Waals surface area contributed by atoms with E-state index in [1.807, 2.05) is 19.1 Å². The van der Waals surface area contributed by atoms with Gasteiger partial charge in [0.2, 0.25) is 5.95 Å². The molecule has 0 aliphatic heterocycles. The number of ether oxygens (including phenoxy) is 2. The van der Waals surface area contributed by atoms with E-state index in [9.17, 15) is 4.79 Å². The number of aryl methyl sites for hydroxylation is 1. The third-order valence-corrected chi connectivity index (χ3v) is 4.19. The number of methoxy groups -OCH3 is 2. The molecule has 1 aromatic heterocycles. The molecule has 28 heavy (non-hydrogen) atoms. The fraction of sp³-hybridized carbons (Fsp3) is 0.150. The number of benzene rings is 2. The van der Waals surface area contributed by atoms with Gasteiger partial charge in [0.25, 0.3) is 5.91 Å². The highest BCUT2D eigenvalue weighted by Crippen LogP contribution is 2.28. The highest BCUT2D eigenvalue weighted by molar-refractivity contribution is 6.32. The van der Waals surface area contributed by atoms with Gasteiger partial charge in [-0.1, -0.05) is 17.7 Å². The molecule has 144 valence electrons. The van der Waals surface area contributed by atoms with Crippen molar-refractivity contribution in [2.75, 3.05) is 24.9 Å². The van der Waals surface area contributed by atoms with Crippen LogP contribution < -0.4 is 20.1 Å². The lowest BCUT2D eigenvalue weighted by atomic mass is 10.2. The summed E-state index contributed by atoms with van der Waals surface area (Å²) in [4.78, 5) is 21.0. The van der Waals surface area contributed by atoms with Gasteiger partial charge in [-0.15, -0.1) is 0 Å². The molecule has 0 saturated heterocycles. The average Bonchev–Trinajstić information content (AvgIpc) is 2.68. The van der Waals surface area contributed by atoms with Crippen LogP contribution in [-0.4, -0.2) is 30.1 Å². The highest BCUT2D eigenvalue weighted by atomic mass is 35.5. The predicted molar refractivity (Wildman–Crippen MR) is 109 cm³/mol. The number of carbonyl (C=O) groups excluding carboxylic acids is 1. The van der Waals surface area contributed by atoms with Crippen LogP contribution >= 0.6 is 11.6 Å². The Balaban J connectivity index is 1.78. The van der Waals surface area contributed by atoms with Crippen molar-refractivity contribution in [3.05, 3.63) is 64.9 Å². The molecule has 7 nitrogen and oxygen atoms in total. The highest BCUT2D eigenvalue weighted by Gasteiger charge is 2.13. The van der Waals surface area contributed by atoms with Crippen molar-refractivity contribution in [3.63, 3.8) is 0 Å². The van der Waals surface area contributed by atoms with Crippen molar-refractivity contribution in [2.45, 2.75) is 6.92 Å². The van der Waals surface area contributed by atoms with Crippen LogP contribution in [0.3, 0.4) is 0 Å². The van der Waals surface area contributed by atoms with Gasteiger partial charge in [-0.2, -0.15) is 0 Å². The van der Waals surface area contributed by atoms with E-state index in [1.54, 1.807) is 38.5 Å². The van der Waals surface area contributed by atoms with Crippen LogP contribution in [0.25, 0.3) is 0 Å². The lowest BCUT2D eigenvalue weighted by Crippen LogP contribution is -2.15. The smallest absolute Gasteiger partial charge is 0.274 e. The molecular weight excluding hydrogens is 380 g/mol. The second-order valence-electron chi connectivity index (χ2n) is 5.90. The Labute approximate surface area is 167 Å². The quantitative estimate of drug-likeness (QED) is 0.638. The summed E-state index contributed by atoms with van der Waals surface area (Å²) in [6.45, 7) is 1.93. The SMILES string of the molecule is COc1ccc(Nc2nccc(C(=O)Nc3cc(C)ccc3OC)n2)cc1Cl. The van der Waals surface area contributed by atoms with Gasteiger partial charge in [-0.25, -0.2) is 9.97 Å². The lowest BCUT2D eigenvalue weighted by Gasteiger charge is -2.11. The molecule has 0 bridgehead atoms. The van der Waals surface area contributed by atoms with Crippen LogP contribution in [0.2, 0.25) is 5.02 Å². The Bertz CT molecular complexity index is 1010. The maximum atomic E-state index is 12.6. The number of nitrogens with zero attached hydrogens (tertiary/aromatic N) is 2. The van der Waals surface area contributed by atoms with E-state index in [4.69, 9.17) is 21.1 Å². The molecule has 1 heterocycles. The standard InChI is InChI=1S/C20H19ClN4O3/c1-12-4-6-18(28-3)16(10-12)24-19(26)15-8-9-22-20(25-15)23-13-5-7-17(27-2)14(21)11-13/h4-11H,1-3H3,(H,24,26)(H,22,23,25). The summed E-state index contributed by atoms with van der Waals surface area (Å²) >= 11 is 6.13. The third-order valence-electron chi connectivity index (χ3n) is 3.90. The molecule has 2 aromatic carbocycles. The molecule has 3 rings (SSSR count). The Morgan fingerprint density at radius 3 is 2.50 bits per heavy atom. The Morgan fingerprint density at radius 1 is 1.04 bits per heavy atom. The molecule has 0 aliphatic rings. The molecule has 0 fully saturated rings. The van der Waals surface area contributed by atoms with E-state index in [-0.39, 0.29) is 17.5 Å². The molecule has 0 unspecified atom stereocenters. The maximum Gasteiger partial charge on any atom is 0.274 e. The molecule has 0 spiro atoms. The van der Waals surface area contributed by atoms with Crippen molar-refractivity contribution in [3.8, 4) is 11.5 Å². The minimum atomic E-state index is -0.373. The lowest BCUT2D eigenvalue weighted by molar-refractivity contribution is 0.102. The monoisotopic (exact) mass is 398 g/mol. The molecular formula is C20H19ClN4O3. The fourth-order valence-corrected chi connectivity index (χ4v) is 2.78. The topological polar surface area (TPSA) is 85.4 Å². The number of halogens is 1.